The topological polar surface area (TPSA) is 70.8 Å². The van der Waals surface area contributed by atoms with E-state index in [0.29, 0.717) is 23.9 Å². The van der Waals surface area contributed by atoms with E-state index in [1.807, 2.05) is 6.07 Å². The molecule has 6 nitrogen and oxygen atoms in total. The average Bonchev–Trinajstić information content (AvgIpc) is 2.53. The summed E-state index contributed by atoms with van der Waals surface area (Å²) >= 11 is 3.45. The SMILES string of the molecule is COc1cc(Br)c(COc2ccc([N+](=O)[O-])cc2)cc1OC. The summed E-state index contributed by atoms with van der Waals surface area (Å²) in [6.07, 6.45) is 0. The quantitative estimate of drug-likeness (QED) is 0.570. The lowest BCUT2D eigenvalue weighted by Gasteiger charge is -2.12. The molecule has 0 spiro atoms. The first kappa shape index (κ1) is 16.1. The average molecular weight is 368 g/mol. The number of methoxy groups -OCH3 is 2. The second kappa shape index (κ2) is 7.13. The maximum Gasteiger partial charge on any atom is 0.269 e. The molecule has 0 aliphatic rings. The maximum atomic E-state index is 10.6. The largest absolute Gasteiger partial charge is 0.493 e. The Kier molecular flexibility index (Phi) is 5.21. The lowest BCUT2D eigenvalue weighted by Crippen LogP contribution is -1.99. The fraction of sp³-hybridized carbons (Fsp3) is 0.200. The molecule has 0 amide bonds. The van der Waals surface area contributed by atoms with Crippen molar-refractivity contribution in [1.29, 1.82) is 0 Å². The number of nitro groups is 1. The molecule has 116 valence electrons. The van der Waals surface area contributed by atoms with Crippen molar-refractivity contribution in [3.05, 3.63) is 56.5 Å². The standard InChI is InChI=1S/C15H14BrNO5/c1-20-14-7-10(13(16)8-15(14)21-2)9-22-12-5-3-11(4-6-12)17(18)19/h3-8H,9H2,1-2H3. The molecule has 0 atom stereocenters. The second-order valence-electron chi connectivity index (χ2n) is 4.34. The Bertz CT molecular complexity index is 672. The molecule has 0 aliphatic heterocycles. The van der Waals surface area contributed by atoms with Crippen molar-refractivity contribution >= 4 is 21.6 Å². The van der Waals surface area contributed by atoms with E-state index < -0.39 is 4.92 Å². The van der Waals surface area contributed by atoms with E-state index in [-0.39, 0.29) is 5.69 Å². The minimum Gasteiger partial charge on any atom is -0.493 e. The molecular formula is C15H14BrNO5. The van der Waals surface area contributed by atoms with Gasteiger partial charge in [-0.3, -0.25) is 10.1 Å². The molecule has 2 aromatic rings. The van der Waals surface area contributed by atoms with Gasteiger partial charge in [-0.1, -0.05) is 15.9 Å². The number of benzene rings is 2. The highest BCUT2D eigenvalue weighted by Gasteiger charge is 2.10. The molecule has 0 radical (unpaired) electrons. The van der Waals surface area contributed by atoms with Crippen molar-refractivity contribution in [1.82, 2.24) is 0 Å². The minimum atomic E-state index is -0.450. The van der Waals surface area contributed by atoms with Gasteiger partial charge < -0.3 is 14.2 Å². The van der Waals surface area contributed by atoms with Gasteiger partial charge in [0.25, 0.3) is 5.69 Å². The van der Waals surface area contributed by atoms with Gasteiger partial charge >= 0.3 is 0 Å². The monoisotopic (exact) mass is 367 g/mol. The van der Waals surface area contributed by atoms with Crippen LogP contribution >= 0.6 is 15.9 Å². The Balaban J connectivity index is 2.12. The highest BCUT2D eigenvalue weighted by molar-refractivity contribution is 9.10. The predicted octanol–water partition coefficient (Wildman–Crippen LogP) is 3.95. The third kappa shape index (κ3) is 3.67. The van der Waals surface area contributed by atoms with E-state index in [4.69, 9.17) is 14.2 Å². The molecule has 0 N–H and O–H groups in total. The molecule has 0 heterocycles. The first-order valence-corrected chi connectivity index (χ1v) is 7.12. The zero-order valence-corrected chi connectivity index (χ0v) is 13.6. The number of non-ortho nitro benzene ring substituents is 1. The van der Waals surface area contributed by atoms with Crippen molar-refractivity contribution in [2.75, 3.05) is 14.2 Å². The number of nitrogens with zero attached hydrogens (tertiary/aromatic N) is 1. The zero-order chi connectivity index (χ0) is 16.1. The van der Waals surface area contributed by atoms with Crippen LogP contribution in [0.3, 0.4) is 0 Å². The van der Waals surface area contributed by atoms with Gasteiger partial charge in [0.15, 0.2) is 11.5 Å². The van der Waals surface area contributed by atoms with Crippen molar-refractivity contribution in [3.8, 4) is 17.2 Å². The van der Waals surface area contributed by atoms with Crippen LogP contribution in [0.4, 0.5) is 5.69 Å². The van der Waals surface area contributed by atoms with Gasteiger partial charge in [0.1, 0.15) is 12.4 Å². The molecule has 22 heavy (non-hydrogen) atoms. The molecule has 0 bridgehead atoms. The fourth-order valence-corrected chi connectivity index (χ4v) is 2.27. The lowest BCUT2D eigenvalue weighted by molar-refractivity contribution is -0.384. The van der Waals surface area contributed by atoms with Crippen LogP contribution in [0, 0.1) is 10.1 Å². The van der Waals surface area contributed by atoms with Crippen LogP contribution < -0.4 is 14.2 Å². The number of hydrogen-bond donors (Lipinski definition) is 0. The molecule has 0 aliphatic carbocycles. The van der Waals surface area contributed by atoms with Crippen molar-refractivity contribution in [3.63, 3.8) is 0 Å². The molecule has 2 rings (SSSR count). The molecule has 0 saturated heterocycles. The lowest BCUT2D eigenvalue weighted by atomic mass is 10.2. The summed E-state index contributed by atoms with van der Waals surface area (Å²) in [5.41, 5.74) is 0.899. The van der Waals surface area contributed by atoms with Gasteiger partial charge in [0.05, 0.1) is 19.1 Å². The normalized spacial score (nSPS) is 10.1. The Hall–Kier alpha value is -2.28. The first-order chi connectivity index (χ1) is 10.5. The first-order valence-electron chi connectivity index (χ1n) is 6.32. The van der Waals surface area contributed by atoms with E-state index in [9.17, 15) is 10.1 Å². The molecule has 0 fully saturated rings. The van der Waals surface area contributed by atoms with E-state index in [2.05, 4.69) is 15.9 Å². The van der Waals surface area contributed by atoms with Crippen LogP contribution in [0.25, 0.3) is 0 Å². The molecular weight excluding hydrogens is 354 g/mol. The van der Waals surface area contributed by atoms with E-state index in [1.165, 1.54) is 12.1 Å². The van der Waals surface area contributed by atoms with Gasteiger partial charge in [0.2, 0.25) is 0 Å². The van der Waals surface area contributed by atoms with E-state index >= 15 is 0 Å². The van der Waals surface area contributed by atoms with E-state index in [1.54, 1.807) is 32.4 Å². The summed E-state index contributed by atoms with van der Waals surface area (Å²) < 4.78 is 16.9. The Morgan fingerprint density at radius 2 is 1.68 bits per heavy atom. The third-order valence-corrected chi connectivity index (χ3v) is 3.73. The summed E-state index contributed by atoms with van der Waals surface area (Å²) in [5.74, 6) is 1.77. The maximum absolute atomic E-state index is 10.6. The summed E-state index contributed by atoms with van der Waals surface area (Å²) in [6.45, 7) is 0.290. The summed E-state index contributed by atoms with van der Waals surface area (Å²) in [7, 11) is 3.13. The highest BCUT2D eigenvalue weighted by atomic mass is 79.9. The zero-order valence-electron chi connectivity index (χ0n) is 12.0. The van der Waals surface area contributed by atoms with Crippen LogP contribution in [0.1, 0.15) is 5.56 Å². The van der Waals surface area contributed by atoms with Gasteiger partial charge in [0, 0.05) is 22.2 Å². The van der Waals surface area contributed by atoms with Crippen molar-refractivity contribution in [2.45, 2.75) is 6.61 Å². The van der Waals surface area contributed by atoms with Crippen LogP contribution in [0.15, 0.2) is 40.9 Å². The van der Waals surface area contributed by atoms with E-state index in [0.717, 1.165) is 10.0 Å². The van der Waals surface area contributed by atoms with Gasteiger partial charge in [-0.15, -0.1) is 0 Å². The number of ether oxygens (including phenoxy) is 3. The summed E-state index contributed by atoms with van der Waals surface area (Å²) in [4.78, 5) is 10.2. The highest BCUT2D eigenvalue weighted by Crippen LogP contribution is 2.33. The van der Waals surface area contributed by atoms with Crippen LogP contribution in [0.5, 0.6) is 17.2 Å². The smallest absolute Gasteiger partial charge is 0.269 e. The summed E-state index contributed by atoms with van der Waals surface area (Å²) in [5, 5.41) is 10.6. The molecule has 0 saturated carbocycles. The number of nitro benzene ring substituents is 1. The fourth-order valence-electron chi connectivity index (χ4n) is 1.83. The van der Waals surface area contributed by atoms with Crippen LogP contribution in [0.2, 0.25) is 0 Å². The molecule has 0 unspecified atom stereocenters. The van der Waals surface area contributed by atoms with Crippen LogP contribution in [-0.2, 0) is 6.61 Å². The minimum absolute atomic E-state index is 0.0275. The van der Waals surface area contributed by atoms with Gasteiger partial charge in [-0.2, -0.15) is 0 Å². The number of rotatable bonds is 6. The number of halogens is 1. The Morgan fingerprint density at radius 1 is 1.09 bits per heavy atom. The predicted molar refractivity (Wildman–Crippen MR) is 84.7 cm³/mol. The third-order valence-electron chi connectivity index (χ3n) is 2.99. The Labute approximate surface area is 135 Å². The molecule has 0 aromatic heterocycles. The van der Waals surface area contributed by atoms with Crippen LogP contribution in [-0.4, -0.2) is 19.1 Å². The molecule has 2 aromatic carbocycles. The number of hydrogen-bond acceptors (Lipinski definition) is 5. The second-order valence-corrected chi connectivity index (χ2v) is 5.19. The summed E-state index contributed by atoms with van der Waals surface area (Å²) in [6, 6.07) is 9.54. The van der Waals surface area contributed by atoms with Gasteiger partial charge in [-0.25, -0.2) is 0 Å². The van der Waals surface area contributed by atoms with Gasteiger partial charge in [-0.05, 0) is 24.3 Å². The Morgan fingerprint density at radius 3 is 2.23 bits per heavy atom. The molecule has 7 heteroatoms. The van der Waals surface area contributed by atoms with Crippen molar-refractivity contribution < 1.29 is 19.1 Å². The van der Waals surface area contributed by atoms with Crippen molar-refractivity contribution in [2.24, 2.45) is 0 Å².